The van der Waals surface area contributed by atoms with Gasteiger partial charge in [-0.3, -0.25) is 0 Å². The molecule has 3 N–H and O–H groups in total. The van der Waals surface area contributed by atoms with Crippen LogP contribution < -0.4 is 5.32 Å². The predicted octanol–water partition coefficient (Wildman–Crippen LogP) is 5.52. The Bertz CT molecular complexity index is 868. The molecule has 0 aromatic heterocycles. The Morgan fingerprint density at radius 3 is 2.26 bits per heavy atom. The molecule has 1 aliphatic rings. The van der Waals surface area contributed by atoms with E-state index in [0.717, 1.165) is 5.75 Å². The van der Waals surface area contributed by atoms with Crippen LogP contribution in [0.15, 0.2) is 71.6 Å². The molecule has 166 valence electrons. The van der Waals surface area contributed by atoms with Crippen molar-refractivity contribution >= 4 is 23.7 Å². The Hall–Kier alpha value is -2.57. The van der Waals surface area contributed by atoms with Gasteiger partial charge in [-0.15, -0.1) is 11.8 Å². The highest BCUT2D eigenvalue weighted by Gasteiger charge is 2.32. The molecule has 6 heteroatoms. The molecule has 1 aliphatic heterocycles. The van der Waals surface area contributed by atoms with Gasteiger partial charge in [-0.25, -0.2) is 9.59 Å². The molecule has 2 unspecified atom stereocenters. The van der Waals surface area contributed by atoms with Gasteiger partial charge in [0.05, 0.1) is 6.04 Å². The first kappa shape index (κ1) is 24.7. The number of carboxylic acids is 2. The lowest BCUT2D eigenvalue weighted by Gasteiger charge is -2.33. The quantitative estimate of drug-likeness (QED) is 0.387. The predicted molar refractivity (Wildman–Crippen MR) is 126 cm³/mol. The molecule has 0 radical (unpaired) electrons. The Morgan fingerprint density at radius 1 is 1.03 bits per heavy atom. The summed E-state index contributed by atoms with van der Waals surface area (Å²) < 4.78 is 0. The second kappa shape index (κ2) is 12.3. The lowest BCUT2D eigenvalue weighted by molar-refractivity contribution is -0.134. The number of unbranched alkanes of at least 4 members (excludes halogenated alkanes) is 2. The summed E-state index contributed by atoms with van der Waals surface area (Å²) in [4.78, 5) is 20.5. The standard InChI is InChI=1S/C21H27NS.C4H4O4/c1-3-4-10-15-21(2)16-23-19-14-9-8-13-18(19)20(22-21)17-11-6-5-7-12-17;5-3(6)1-2-4(7)8/h5-9,11-14,20,22H,3-4,10,15-16H2,1-2H3;1-2H,(H,5,6)(H,7,8). The number of aliphatic carboxylic acids is 2. The Morgan fingerprint density at radius 2 is 1.65 bits per heavy atom. The van der Waals surface area contributed by atoms with Gasteiger partial charge in [0.25, 0.3) is 0 Å². The molecule has 2 aromatic rings. The van der Waals surface area contributed by atoms with Crippen molar-refractivity contribution in [1.82, 2.24) is 5.32 Å². The average Bonchev–Trinajstić information content (AvgIpc) is 2.91. The fraction of sp³-hybridized carbons (Fsp3) is 0.360. The van der Waals surface area contributed by atoms with Crippen LogP contribution in [0.2, 0.25) is 0 Å². The molecule has 0 amide bonds. The summed E-state index contributed by atoms with van der Waals surface area (Å²) in [7, 11) is 0. The van der Waals surface area contributed by atoms with E-state index in [1.807, 2.05) is 11.8 Å². The first-order valence-corrected chi connectivity index (χ1v) is 11.5. The number of hydrogen-bond acceptors (Lipinski definition) is 4. The van der Waals surface area contributed by atoms with E-state index in [1.165, 1.54) is 41.7 Å². The molecule has 3 rings (SSSR count). The molecular formula is C25H31NO4S. The lowest BCUT2D eigenvalue weighted by atomic mass is 9.91. The Kier molecular flexibility index (Phi) is 9.82. The van der Waals surface area contributed by atoms with Crippen molar-refractivity contribution in [3.05, 3.63) is 77.9 Å². The minimum atomic E-state index is -1.26. The molecule has 0 aliphatic carbocycles. The maximum Gasteiger partial charge on any atom is 0.328 e. The third-order valence-electron chi connectivity index (χ3n) is 5.10. The van der Waals surface area contributed by atoms with Crippen molar-refractivity contribution in [2.24, 2.45) is 0 Å². The zero-order chi connectivity index (χ0) is 22.7. The van der Waals surface area contributed by atoms with Crippen molar-refractivity contribution in [1.29, 1.82) is 0 Å². The molecule has 5 nitrogen and oxygen atoms in total. The van der Waals surface area contributed by atoms with Crippen molar-refractivity contribution in [2.45, 2.75) is 56.0 Å². The fourth-order valence-corrected chi connectivity index (χ4v) is 4.74. The molecule has 2 atom stereocenters. The van der Waals surface area contributed by atoms with Crippen LogP contribution in [0.4, 0.5) is 0 Å². The van der Waals surface area contributed by atoms with Crippen LogP contribution >= 0.6 is 11.8 Å². The average molecular weight is 442 g/mol. The fourth-order valence-electron chi connectivity index (χ4n) is 3.52. The van der Waals surface area contributed by atoms with Crippen LogP contribution in [-0.4, -0.2) is 33.4 Å². The van der Waals surface area contributed by atoms with E-state index in [4.69, 9.17) is 10.2 Å². The topological polar surface area (TPSA) is 86.6 Å². The molecule has 0 saturated heterocycles. The van der Waals surface area contributed by atoms with E-state index in [-0.39, 0.29) is 11.6 Å². The van der Waals surface area contributed by atoms with Crippen molar-refractivity contribution in [3.63, 3.8) is 0 Å². The normalized spacial score (nSPS) is 20.3. The van der Waals surface area contributed by atoms with Crippen LogP contribution in [0, 0.1) is 0 Å². The van der Waals surface area contributed by atoms with Gasteiger partial charge in [0.1, 0.15) is 0 Å². The summed E-state index contributed by atoms with van der Waals surface area (Å²) >= 11 is 2.01. The third-order valence-corrected chi connectivity index (χ3v) is 6.57. The van der Waals surface area contributed by atoms with Gasteiger partial charge in [0.2, 0.25) is 0 Å². The highest BCUT2D eigenvalue weighted by molar-refractivity contribution is 7.99. The second-order valence-electron chi connectivity index (χ2n) is 7.84. The van der Waals surface area contributed by atoms with Gasteiger partial charge < -0.3 is 15.5 Å². The van der Waals surface area contributed by atoms with Gasteiger partial charge >= 0.3 is 11.9 Å². The zero-order valence-corrected chi connectivity index (χ0v) is 18.9. The Labute approximate surface area is 188 Å². The zero-order valence-electron chi connectivity index (χ0n) is 18.1. The van der Waals surface area contributed by atoms with Crippen LogP contribution in [0.3, 0.4) is 0 Å². The molecule has 0 fully saturated rings. The number of fused-ring (bicyclic) bond motifs is 1. The molecular weight excluding hydrogens is 410 g/mol. The van der Waals surface area contributed by atoms with Crippen LogP contribution in [0.25, 0.3) is 0 Å². The first-order chi connectivity index (χ1) is 14.8. The number of thioether (sulfide) groups is 1. The number of rotatable bonds is 7. The number of carboxylic acid groups (broad SMARTS) is 2. The summed E-state index contributed by atoms with van der Waals surface area (Å²) in [6.45, 7) is 4.68. The molecule has 0 bridgehead atoms. The highest BCUT2D eigenvalue weighted by Crippen LogP contribution is 2.39. The molecule has 1 heterocycles. The van der Waals surface area contributed by atoms with E-state index in [9.17, 15) is 9.59 Å². The van der Waals surface area contributed by atoms with Crippen LogP contribution in [-0.2, 0) is 9.59 Å². The van der Waals surface area contributed by atoms with E-state index < -0.39 is 11.9 Å². The van der Waals surface area contributed by atoms with Crippen LogP contribution in [0.5, 0.6) is 0 Å². The minimum Gasteiger partial charge on any atom is -0.478 e. The molecule has 31 heavy (non-hydrogen) atoms. The summed E-state index contributed by atoms with van der Waals surface area (Å²) in [5.41, 5.74) is 2.96. The summed E-state index contributed by atoms with van der Waals surface area (Å²) in [5, 5.41) is 19.6. The van der Waals surface area contributed by atoms with Gasteiger partial charge in [0, 0.05) is 28.3 Å². The van der Waals surface area contributed by atoms with Crippen molar-refractivity contribution in [2.75, 3.05) is 5.75 Å². The van der Waals surface area contributed by atoms with E-state index >= 15 is 0 Å². The van der Waals surface area contributed by atoms with Crippen LogP contribution in [0.1, 0.15) is 56.7 Å². The first-order valence-electron chi connectivity index (χ1n) is 10.5. The largest absolute Gasteiger partial charge is 0.478 e. The van der Waals surface area contributed by atoms with Gasteiger partial charge in [-0.2, -0.15) is 0 Å². The SMILES string of the molecule is CCCCCC1(C)CSc2ccccc2C(c2ccccc2)N1.O=C(O)C=CC(=O)O. The van der Waals surface area contributed by atoms with E-state index in [1.54, 1.807) is 0 Å². The van der Waals surface area contributed by atoms with Gasteiger partial charge in [-0.05, 0) is 30.5 Å². The Balaban J connectivity index is 0.000000366. The number of nitrogens with one attached hydrogen (secondary N) is 1. The van der Waals surface area contributed by atoms with E-state index in [2.05, 4.69) is 73.8 Å². The highest BCUT2D eigenvalue weighted by atomic mass is 32.2. The lowest BCUT2D eigenvalue weighted by Crippen LogP contribution is -2.45. The second-order valence-corrected chi connectivity index (χ2v) is 8.86. The van der Waals surface area contributed by atoms with Gasteiger partial charge in [0.15, 0.2) is 0 Å². The summed E-state index contributed by atoms with van der Waals surface area (Å²) in [5.74, 6) is -1.38. The minimum absolute atomic E-state index is 0.180. The maximum absolute atomic E-state index is 9.55. The molecule has 0 saturated carbocycles. The number of carbonyl (C=O) groups is 2. The molecule has 2 aromatic carbocycles. The van der Waals surface area contributed by atoms with Crippen molar-refractivity contribution in [3.8, 4) is 0 Å². The van der Waals surface area contributed by atoms with Crippen molar-refractivity contribution < 1.29 is 19.8 Å². The number of hydrogen-bond donors (Lipinski definition) is 3. The maximum atomic E-state index is 9.55. The van der Waals surface area contributed by atoms with Gasteiger partial charge in [-0.1, -0.05) is 74.7 Å². The molecule has 0 spiro atoms. The smallest absolute Gasteiger partial charge is 0.328 e. The van der Waals surface area contributed by atoms with E-state index in [0.29, 0.717) is 12.2 Å². The monoisotopic (exact) mass is 441 g/mol. The summed E-state index contributed by atoms with van der Waals surface area (Å²) in [6, 6.07) is 20.0. The third kappa shape index (κ3) is 8.23. The summed E-state index contributed by atoms with van der Waals surface area (Å²) in [6.07, 6.45) is 6.27. The number of benzene rings is 2.